The smallest absolute Gasteiger partial charge is 0.414 e. The van der Waals surface area contributed by atoms with Crippen LogP contribution < -0.4 is 14.2 Å². The molecule has 0 saturated carbocycles. The first kappa shape index (κ1) is 20.2. The normalized spacial score (nSPS) is 10.1. The van der Waals surface area contributed by atoms with Crippen LogP contribution in [-0.4, -0.2) is 38.9 Å². The Morgan fingerprint density at radius 1 is 1.00 bits per heavy atom. The number of hydrogen-bond donors (Lipinski definition) is 0. The van der Waals surface area contributed by atoms with Crippen molar-refractivity contribution in [3.63, 3.8) is 0 Å². The summed E-state index contributed by atoms with van der Waals surface area (Å²) in [6, 6.07) is 13.1. The van der Waals surface area contributed by atoms with Gasteiger partial charge in [0, 0.05) is 11.3 Å². The zero-order chi connectivity index (χ0) is 19.8. The molecule has 0 unspecified atom stereocenters. The molecule has 2 aromatic carbocycles. The zero-order valence-electron chi connectivity index (χ0n) is 16.2. The summed E-state index contributed by atoms with van der Waals surface area (Å²) in [5.41, 5.74) is 2.09. The van der Waals surface area contributed by atoms with Gasteiger partial charge in [0.25, 0.3) is 0 Å². The molecule has 27 heavy (non-hydrogen) atoms. The van der Waals surface area contributed by atoms with Crippen LogP contribution in [0.4, 0.5) is 4.79 Å². The van der Waals surface area contributed by atoms with E-state index in [9.17, 15) is 4.79 Å². The number of ether oxygens (including phenoxy) is 4. The van der Waals surface area contributed by atoms with Crippen molar-refractivity contribution in [1.82, 2.24) is 4.90 Å². The summed E-state index contributed by atoms with van der Waals surface area (Å²) in [7, 11) is 4.61. The second-order valence-electron chi connectivity index (χ2n) is 5.63. The lowest BCUT2D eigenvalue weighted by molar-refractivity contribution is 0.123. The standard InChI is InChI=1S/C21H25NO5/c1-6-27-21(23)22(14-16-10-8-7-9-11-16)15(2)17-12-18(24-3)20(26-5)19(13-17)25-4/h7-13H,2,6,14H2,1,3-5H3. The van der Waals surface area contributed by atoms with Crippen molar-refractivity contribution in [2.24, 2.45) is 0 Å². The average Bonchev–Trinajstić information content (AvgIpc) is 2.71. The van der Waals surface area contributed by atoms with E-state index >= 15 is 0 Å². The van der Waals surface area contributed by atoms with E-state index in [4.69, 9.17) is 18.9 Å². The van der Waals surface area contributed by atoms with Gasteiger partial charge in [-0.05, 0) is 24.6 Å². The zero-order valence-corrected chi connectivity index (χ0v) is 16.2. The Morgan fingerprint density at radius 3 is 2.07 bits per heavy atom. The Morgan fingerprint density at radius 2 is 1.59 bits per heavy atom. The summed E-state index contributed by atoms with van der Waals surface area (Å²) < 4.78 is 21.4. The molecule has 0 radical (unpaired) electrons. The quantitative estimate of drug-likeness (QED) is 0.691. The monoisotopic (exact) mass is 371 g/mol. The average molecular weight is 371 g/mol. The molecule has 2 aromatic rings. The van der Waals surface area contributed by atoms with Crippen molar-refractivity contribution in [2.75, 3.05) is 27.9 Å². The van der Waals surface area contributed by atoms with Gasteiger partial charge in [-0.1, -0.05) is 36.9 Å². The molecule has 0 atom stereocenters. The fourth-order valence-corrected chi connectivity index (χ4v) is 2.64. The Balaban J connectivity index is 2.43. The van der Waals surface area contributed by atoms with Crippen LogP contribution in [0, 0.1) is 0 Å². The van der Waals surface area contributed by atoms with Crippen LogP contribution in [0.15, 0.2) is 49.0 Å². The Kier molecular flexibility index (Phi) is 7.11. The van der Waals surface area contributed by atoms with E-state index in [1.54, 1.807) is 19.1 Å². The van der Waals surface area contributed by atoms with Crippen molar-refractivity contribution >= 4 is 11.8 Å². The first-order valence-corrected chi connectivity index (χ1v) is 8.53. The van der Waals surface area contributed by atoms with Gasteiger partial charge in [-0.3, -0.25) is 4.90 Å². The first-order chi connectivity index (χ1) is 13.0. The molecule has 2 rings (SSSR count). The molecular formula is C21H25NO5. The topological polar surface area (TPSA) is 57.2 Å². The predicted molar refractivity (Wildman–Crippen MR) is 104 cm³/mol. The second-order valence-corrected chi connectivity index (χ2v) is 5.63. The van der Waals surface area contributed by atoms with Crippen LogP contribution in [0.2, 0.25) is 0 Å². The molecule has 0 aromatic heterocycles. The summed E-state index contributed by atoms with van der Waals surface area (Å²) in [6.45, 7) is 6.47. The number of carbonyl (C=O) groups excluding carboxylic acids is 1. The van der Waals surface area contributed by atoms with Gasteiger partial charge in [-0.2, -0.15) is 0 Å². The summed E-state index contributed by atoms with van der Waals surface area (Å²) in [5.74, 6) is 1.44. The molecule has 0 N–H and O–H groups in total. The SMILES string of the molecule is C=C(c1cc(OC)c(OC)c(OC)c1)N(Cc1ccccc1)C(=O)OCC. The maximum Gasteiger partial charge on any atom is 0.414 e. The summed E-state index contributed by atoms with van der Waals surface area (Å²) in [4.78, 5) is 14.0. The van der Waals surface area contributed by atoms with Gasteiger partial charge >= 0.3 is 6.09 Å². The second kappa shape index (κ2) is 9.52. The minimum atomic E-state index is -0.472. The number of hydrogen-bond acceptors (Lipinski definition) is 5. The Labute approximate surface area is 159 Å². The van der Waals surface area contributed by atoms with Gasteiger partial charge in [0.2, 0.25) is 5.75 Å². The van der Waals surface area contributed by atoms with Gasteiger partial charge < -0.3 is 18.9 Å². The lowest BCUT2D eigenvalue weighted by Gasteiger charge is -2.25. The van der Waals surface area contributed by atoms with E-state index in [-0.39, 0.29) is 6.61 Å². The maximum absolute atomic E-state index is 12.6. The number of benzene rings is 2. The van der Waals surface area contributed by atoms with E-state index in [1.807, 2.05) is 30.3 Å². The molecule has 0 bridgehead atoms. The summed E-state index contributed by atoms with van der Waals surface area (Å²) in [5, 5.41) is 0. The minimum absolute atomic E-state index is 0.270. The van der Waals surface area contributed by atoms with Crippen LogP contribution in [0.5, 0.6) is 17.2 Å². The lowest BCUT2D eigenvalue weighted by Crippen LogP contribution is -2.29. The van der Waals surface area contributed by atoms with E-state index in [2.05, 4.69) is 6.58 Å². The van der Waals surface area contributed by atoms with Crippen LogP contribution in [-0.2, 0) is 11.3 Å². The molecule has 0 aliphatic rings. The van der Waals surface area contributed by atoms with Crippen molar-refractivity contribution in [2.45, 2.75) is 13.5 Å². The van der Waals surface area contributed by atoms with Crippen LogP contribution in [0.25, 0.3) is 5.70 Å². The van der Waals surface area contributed by atoms with Crippen LogP contribution in [0.1, 0.15) is 18.1 Å². The number of carbonyl (C=O) groups is 1. The summed E-state index contributed by atoms with van der Waals surface area (Å²) in [6.07, 6.45) is -0.472. The Hall–Kier alpha value is -3.15. The van der Waals surface area contributed by atoms with Crippen LogP contribution >= 0.6 is 0 Å². The lowest BCUT2D eigenvalue weighted by atomic mass is 10.1. The number of methoxy groups -OCH3 is 3. The molecule has 0 spiro atoms. The Bertz CT molecular complexity index is 763. The van der Waals surface area contributed by atoms with Gasteiger partial charge in [0.1, 0.15) is 0 Å². The molecule has 0 fully saturated rings. The van der Waals surface area contributed by atoms with E-state index in [0.717, 1.165) is 5.56 Å². The number of nitrogens with zero attached hydrogens (tertiary/aromatic N) is 1. The number of rotatable bonds is 8. The van der Waals surface area contributed by atoms with Crippen molar-refractivity contribution < 1.29 is 23.7 Å². The van der Waals surface area contributed by atoms with Crippen molar-refractivity contribution in [1.29, 1.82) is 0 Å². The minimum Gasteiger partial charge on any atom is -0.493 e. The van der Waals surface area contributed by atoms with Crippen LogP contribution in [0.3, 0.4) is 0 Å². The highest BCUT2D eigenvalue weighted by Gasteiger charge is 2.22. The number of amides is 1. The van der Waals surface area contributed by atoms with Gasteiger partial charge in [-0.25, -0.2) is 4.79 Å². The van der Waals surface area contributed by atoms with E-state index in [1.165, 1.54) is 26.2 Å². The van der Waals surface area contributed by atoms with Gasteiger partial charge in [0.05, 0.1) is 34.5 Å². The first-order valence-electron chi connectivity index (χ1n) is 8.53. The maximum atomic E-state index is 12.6. The van der Waals surface area contributed by atoms with Gasteiger partial charge in [-0.15, -0.1) is 0 Å². The highest BCUT2D eigenvalue weighted by Crippen LogP contribution is 2.40. The third kappa shape index (κ3) is 4.73. The third-order valence-electron chi connectivity index (χ3n) is 4.00. The molecule has 144 valence electrons. The van der Waals surface area contributed by atoms with E-state index in [0.29, 0.717) is 35.1 Å². The molecule has 6 heteroatoms. The molecule has 0 saturated heterocycles. The molecule has 0 aliphatic carbocycles. The highest BCUT2D eigenvalue weighted by atomic mass is 16.6. The summed E-state index contributed by atoms with van der Waals surface area (Å²) >= 11 is 0. The van der Waals surface area contributed by atoms with Crippen molar-refractivity contribution in [3.8, 4) is 17.2 Å². The molecule has 1 amide bonds. The molecule has 6 nitrogen and oxygen atoms in total. The fraction of sp³-hybridized carbons (Fsp3) is 0.286. The van der Waals surface area contributed by atoms with Crippen molar-refractivity contribution in [3.05, 3.63) is 60.2 Å². The molecular weight excluding hydrogens is 346 g/mol. The highest BCUT2D eigenvalue weighted by molar-refractivity contribution is 5.82. The fourth-order valence-electron chi connectivity index (χ4n) is 2.64. The van der Waals surface area contributed by atoms with Gasteiger partial charge in [0.15, 0.2) is 11.5 Å². The largest absolute Gasteiger partial charge is 0.493 e. The van der Waals surface area contributed by atoms with E-state index < -0.39 is 6.09 Å². The predicted octanol–water partition coefficient (Wildman–Crippen LogP) is 4.34. The molecule has 0 heterocycles. The molecule has 0 aliphatic heterocycles. The third-order valence-corrected chi connectivity index (χ3v) is 4.00.